The molecule has 2 N–H and O–H groups in total. The molecule has 0 fully saturated rings. The normalized spacial score (nSPS) is 11.0. The molecule has 6 heteroatoms. The van der Waals surface area contributed by atoms with Crippen molar-refractivity contribution < 1.29 is 0 Å². The van der Waals surface area contributed by atoms with Gasteiger partial charge in [0.1, 0.15) is 11.5 Å². The first kappa shape index (κ1) is 10.8. The van der Waals surface area contributed by atoms with Crippen LogP contribution < -0.4 is 5.32 Å². The van der Waals surface area contributed by atoms with E-state index in [1.54, 1.807) is 4.68 Å². The molecule has 0 unspecified atom stereocenters. The number of aromatic nitrogens is 5. The zero-order valence-corrected chi connectivity index (χ0v) is 10.3. The van der Waals surface area contributed by atoms with E-state index < -0.39 is 0 Å². The Morgan fingerprint density at radius 1 is 1.39 bits per heavy atom. The third-order valence-corrected chi connectivity index (χ3v) is 2.72. The summed E-state index contributed by atoms with van der Waals surface area (Å²) in [6.07, 6.45) is 1.89. The molecular formula is C12H14N6. The fourth-order valence-electron chi connectivity index (χ4n) is 1.92. The monoisotopic (exact) mass is 242 g/mol. The minimum Gasteiger partial charge on any atom is -0.379 e. The molecule has 3 aromatic rings. The van der Waals surface area contributed by atoms with Gasteiger partial charge in [0.2, 0.25) is 0 Å². The highest BCUT2D eigenvalue weighted by Gasteiger charge is 2.02. The number of anilines is 1. The summed E-state index contributed by atoms with van der Waals surface area (Å²) in [7, 11) is 1.86. The van der Waals surface area contributed by atoms with Gasteiger partial charge in [0.25, 0.3) is 0 Å². The number of rotatable bonds is 3. The van der Waals surface area contributed by atoms with E-state index in [1.807, 2.05) is 38.4 Å². The highest BCUT2D eigenvalue weighted by Crippen LogP contribution is 2.17. The molecule has 6 nitrogen and oxygen atoms in total. The summed E-state index contributed by atoms with van der Waals surface area (Å²) < 4.78 is 1.69. The van der Waals surface area contributed by atoms with E-state index in [2.05, 4.69) is 25.6 Å². The molecule has 0 spiro atoms. The van der Waals surface area contributed by atoms with Crippen LogP contribution in [0.2, 0.25) is 0 Å². The second-order valence-electron chi connectivity index (χ2n) is 4.29. The summed E-state index contributed by atoms with van der Waals surface area (Å²) in [6, 6.07) is 6.06. The Bertz CT molecular complexity index is 681. The fourth-order valence-corrected chi connectivity index (χ4v) is 1.92. The van der Waals surface area contributed by atoms with Crippen LogP contribution in [0.15, 0.2) is 24.4 Å². The lowest BCUT2D eigenvalue weighted by Crippen LogP contribution is -1.99. The van der Waals surface area contributed by atoms with Crippen LogP contribution in [0.4, 0.5) is 5.69 Å². The molecule has 0 aliphatic rings. The number of aryl methyl sites for hydroxylation is 2. The molecule has 2 heterocycles. The van der Waals surface area contributed by atoms with E-state index in [-0.39, 0.29) is 0 Å². The average molecular weight is 242 g/mol. The number of nitrogens with zero attached hydrogens (tertiary/aromatic N) is 4. The van der Waals surface area contributed by atoms with Crippen molar-refractivity contribution >= 4 is 16.7 Å². The highest BCUT2D eigenvalue weighted by atomic mass is 15.4. The van der Waals surface area contributed by atoms with Gasteiger partial charge in [-0.1, -0.05) is 5.21 Å². The number of nitrogens with one attached hydrogen (secondary N) is 2. The van der Waals surface area contributed by atoms with Gasteiger partial charge in [-0.05, 0) is 25.1 Å². The van der Waals surface area contributed by atoms with Crippen molar-refractivity contribution in [1.29, 1.82) is 0 Å². The Morgan fingerprint density at radius 3 is 3.06 bits per heavy atom. The van der Waals surface area contributed by atoms with Crippen molar-refractivity contribution in [3.05, 3.63) is 35.9 Å². The van der Waals surface area contributed by atoms with Crippen LogP contribution in [0.3, 0.4) is 0 Å². The number of aromatic amines is 1. The number of fused-ring (bicyclic) bond motifs is 1. The first-order chi connectivity index (χ1) is 8.70. The number of hydrogen-bond acceptors (Lipinski definition) is 4. The molecule has 0 radical (unpaired) electrons. The molecule has 0 aliphatic carbocycles. The molecule has 18 heavy (non-hydrogen) atoms. The van der Waals surface area contributed by atoms with Crippen molar-refractivity contribution in [2.75, 3.05) is 5.32 Å². The molecule has 0 saturated carbocycles. The average Bonchev–Trinajstić information content (AvgIpc) is 2.90. The molecule has 0 bridgehead atoms. The van der Waals surface area contributed by atoms with Gasteiger partial charge in [0.05, 0.1) is 17.6 Å². The largest absolute Gasteiger partial charge is 0.379 e. The van der Waals surface area contributed by atoms with Gasteiger partial charge in [-0.3, -0.25) is 4.68 Å². The molecule has 92 valence electrons. The van der Waals surface area contributed by atoms with Crippen LogP contribution in [0.5, 0.6) is 0 Å². The van der Waals surface area contributed by atoms with E-state index in [9.17, 15) is 0 Å². The van der Waals surface area contributed by atoms with Crippen molar-refractivity contribution in [2.24, 2.45) is 7.05 Å². The summed E-state index contributed by atoms with van der Waals surface area (Å²) in [6.45, 7) is 2.61. The summed E-state index contributed by atoms with van der Waals surface area (Å²) in [4.78, 5) is 7.58. The van der Waals surface area contributed by atoms with Crippen LogP contribution in [-0.2, 0) is 13.6 Å². The van der Waals surface area contributed by atoms with Crippen LogP contribution >= 0.6 is 0 Å². The summed E-state index contributed by atoms with van der Waals surface area (Å²) >= 11 is 0. The van der Waals surface area contributed by atoms with E-state index in [4.69, 9.17) is 0 Å². The van der Waals surface area contributed by atoms with E-state index >= 15 is 0 Å². The van der Waals surface area contributed by atoms with Gasteiger partial charge in [0, 0.05) is 18.9 Å². The van der Waals surface area contributed by atoms with Crippen molar-refractivity contribution in [3.8, 4) is 0 Å². The minimum atomic E-state index is 0.659. The second-order valence-corrected chi connectivity index (χ2v) is 4.29. The first-order valence-electron chi connectivity index (χ1n) is 5.76. The minimum absolute atomic E-state index is 0.659. The van der Waals surface area contributed by atoms with Crippen molar-refractivity contribution in [2.45, 2.75) is 13.5 Å². The lowest BCUT2D eigenvalue weighted by Gasteiger charge is -2.03. The third-order valence-electron chi connectivity index (χ3n) is 2.72. The Balaban J connectivity index is 1.78. The topological polar surface area (TPSA) is 71.4 Å². The maximum absolute atomic E-state index is 4.37. The highest BCUT2D eigenvalue weighted by molar-refractivity contribution is 5.79. The Hall–Kier alpha value is -2.37. The predicted molar refractivity (Wildman–Crippen MR) is 69.2 cm³/mol. The molecule has 1 aromatic carbocycles. The van der Waals surface area contributed by atoms with Crippen molar-refractivity contribution in [3.63, 3.8) is 0 Å². The van der Waals surface area contributed by atoms with Crippen LogP contribution in [0.1, 0.15) is 11.5 Å². The van der Waals surface area contributed by atoms with Gasteiger partial charge >= 0.3 is 0 Å². The van der Waals surface area contributed by atoms with Crippen molar-refractivity contribution in [1.82, 2.24) is 25.0 Å². The molecule has 0 atom stereocenters. The lowest BCUT2D eigenvalue weighted by atomic mass is 10.2. The van der Waals surface area contributed by atoms with E-state index in [0.717, 1.165) is 28.2 Å². The van der Waals surface area contributed by atoms with Gasteiger partial charge in [0.15, 0.2) is 0 Å². The fraction of sp³-hybridized carbons (Fsp3) is 0.250. The number of benzene rings is 1. The van der Waals surface area contributed by atoms with E-state index in [1.165, 1.54) is 0 Å². The molecule has 2 aromatic heterocycles. The Labute approximate surface area is 104 Å². The smallest absolute Gasteiger partial charge is 0.104 e. The van der Waals surface area contributed by atoms with Crippen LogP contribution in [-0.4, -0.2) is 25.0 Å². The zero-order valence-electron chi connectivity index (χ0n) is 10.3. The standard InChI is InChI=1S/C12H14N6/c1-8-14-11-4-3-9(5-12(11)15-8)13-6-10-7-18(2)17-16-10/h3-5,7,13H,6H2,1-2H3,(H,14,15). The number of hydrogen-bond donors (Lipinski definition) is 2. The summed E-state index contributed by atoms with van der Waals surface area (Å²) in [5.74, 6) is 0.927. The van der Waals surface area contributed by atoms with Gasteiger partial charge < -0.3 is 10.3 Å². The molecule has 3 rings (SSSR count). The summed E-state index contributed by atoms with van der Waals surface area (Å²) in [5, 5.41) is 11.2. The first-order valence-corrected chi connectivity index (χ1v) is 5.76. The molecule has 0 amide bonds. The number of imidazole rings is 1. The van der Waals surface area contributed by atoms with E-state index in [0.29, 0.717) is 6.54 Å². The molecular weight excluding hydrogens is 228 g/mol. The SMILES string of the molecule is Cc1nc2ccc(NCc3cn(C)nn3)cc2[nH]1. The predicted octanol–water partition coefficient (Wildman–Crippen LogP) is 1.61. The lowest BCUT2D eigenvalue weighted by molar-refractivity contribution is 0.713. The molecule has 0 aliphatic heterocycles. The van der Waals surface area contributed by atoms with Crippen LogP contribution in [0.25, 0.3) is 11.0 Å². The van der Waals surface area contributed by atoms with Gasteiger partial charge in [-0.2, -0.15) is 0 Å². The second kappa shape index (κ2) is 4.14. The summed E-state index contributed by atoms with van der Waals surface area (Å²) in [5.41, 5.74) is 3.98. The van der Waals surface area contributed by atoms with Gasteiger partial charge in [-0.15, -0.1) is 5.10 Å². The Kier molecular flexibility index (Phi) is 2.47. The maximum atomic E-state index is 4.37. The van der Waals surface area contributed by atoms with Gasteiger partial charge in [-0.25, -0.2) is 4.98 Å². The quantitative estimate of drug-likeness (QED) is 0.732. The van der Waals surface area contributed by atoms with Crippen LogP contribution in [0, 0.1) is 6.92 Å². The zero-order chi connectivity index (χ0) is 12.5. The third kappa shape index (κ3) is 2.04. The Morgan fingerprint density at radius 2 is 2.28 bits per heavy atom. The maximum Gasteiger partial charge on any atom is 0.104 e. The number of H-pyrrole nitrogens is 1. The molecule has 0 saturated heterocycles.